The van der Waals surface area contributed by atoms with Crippen LogP contribution in [0.15, 0.2) is 6.07 Å². The van der Waals surface area contributed by atoms with Crippen molar-refractivity contribution in [3.63, 3.8) is 0 Å². The number of fused-ring (bicyclic) bond motifs is 2. The van der Waals surface area contributed by atoms with Crippen molar-refractivity contribution in [2.45, 2.75) is 63.8 Å². The summed E-state index contributed by atoms with van der Waals surface area (Å²) in [5.74, 6) is -1.69. The van der Waals surface area contributed by atoms with E-state index in [1.807, 2.05) is 0 Å². The summed E-state index contributed by atoms with van der Waals surface area (Å²) in [4.78, 5) is 24.8. The van der Waals surface area contributed by atoms with E-state index in [0.717, 1.165) is 25.3 Å². The summed E-state index contributed by atoms with van der Waals surface area (Å²) >= 11 is 6.09. The highest BCUT2D eigenvalue weighted by Gasteiger charge is 2.40. The Morgan fingerprint density at radius 2 is 1.92 bits per heavy atom. The number of carbonyl (C=O) groups is 2. The third kappa shape index (κ3) is 4.07. The predicted molar refractivity (Wildman–Crippen MR) is 90.1 cm³/mol. The molecule has 1 aromatic carbocycles. The lowest BCUT2D eigenvalue weighted by Gasteiger charge is -2.17. The molecule has 0 unspecified atom stereocenters. The minimum Gasteiger partial charge on any atom is -0.507 e. The monoisotopic (exact) mass is 368 g/mol. The van der Waals surface area contributed by atoms with Gasteiger partial charge in [-0.2, -0.15) is 0 Å². The van der Waals surface area contributed by atoms with Gasteiger partial charge in [-0.05, 0) is 19.8 Å². The van der Waals surface area contributed by atoms with Crippen molar-refractivity contribution in [1.29, 1.82) is 0 Å². The van der Waals surface area contributed by atoms with Gasteiger partial charge in [0.1, 0.15) is 28.9 Å². The van der Waals surface area contributed by atoms with Gasteiger partial charge in [0, 0.05) is 30.9 Å². The maximum Gasteiger partial charge on any atom is 0.342 e. The van der Waals surface area contributed by atoms with E-state index in [0.29, 0.717) is 12.8 Å². The molecule has 2 aliphatic rings. The van der Waals surface area contributed by atoms with Gasteiger partial charge in [-0.15, -0.1) is 0 Å². The van der Waals surface area contributed by atoms with Crippen LogP contribution in [0, 0.1) is 0 Å². The van der Waals surface area contributed by atoms with E-state index in [1.54, 1.807) is 6.92 Å². The highest BCUT2D eigenvalue weighted by atomic mass is 35.5. The molecule has 3 rings (SSSR count). The van der Waals surface area contributed by atoms with Gasteiger partial charge in [-0.3, -0.25) is 4.79 Å². The van der Waals surface area contributed by atoms with Crippen molar-refractivity contribution in [3.8, 4) is 11.5 Å². The number of phenolic OH excluding ortho intramolecular Hbond substituents is 2. The average Bonchev–Trinajstić information content (AvgIpc) is 3.25. The first kappa shape index (κ1) is 18.0. The number of epoxide rings is 1. The Bertz CT molecular complexity index is 701. The maximum atomic E-state index is 12.5. The number of rotatable bonds is 0. The minimum atomic E-state index is -0.760. The van der Waals surface area contributed by atoms with Crippen LogP contribution in [0.2, 0.25) is 5.02 Å². The standard InChI is InChI=1S/C18H21ClO6/c1-9-6-15-14(25-15)5-3-2-4-10(20)7-11-16(18(23)24-9)12(21)8-13(22)17(11)19/h8-9,14-15,21-22H,2-7H2,1H3/t9-,14-,15-/m1/s1. The van der Waals surface area contributed by atoms with Crippen LogP contribution < -0.4 is 0 Å². The molecule has 1 saturated heterocycles. The molecule has 0 saturated carbocycles. The number of halogens is 1. The molecule has 1 fully saturated rings. The fourth-order valence-electron chi connectivity index (χ4n) is 3.29. The average molecular weight is 369 g/mol. The van der Waals surface area contributed by atoms with Crippen molar-refractivity contribution in [3.05, 3.63) is 22.2 Å². The van der Waals surface area contributed by atoms with Crippen LogP contribution in [0.3, 0.4) is 0 Å². The van der Waals surface area contributed by atoms with Gasteiger partial charge < -0.3 is 19.7 Å². The molecule has 0 aliphatic carbocycles. The molecule has 2 heterocycles. The van der Waals surface area contributed by atoms with Crippen LogP contribution in [-0.2, 0) is 20.7 Å². The van der Waals surface area contributed by atoms with Crippen LogP contribution in [0.5, 0.6) is 11.5 Å². The van der Waals surface area contributed by atoms with Crippen molar-refractivity contribution in [1.82, 2.24) is 0 Å². The molecular weight excluding hydrogens is 348 g/mol. The molecule has 0 amide bonds. The number of Topliss-reactive ketones (excluding diaryl/α,β-unsaturated/α-hetero) is 1. The Morgan fingerprint density at radius 3 is 2.68 bits per heavy atom. The first-order valence-electron chi connectivity index (χ1n) is 8.48. The molecule has 6 nitrogen and oxygen atoms in total. The Morgan fingerprint density at radius 1 is 1.16 bits per heavy atom. The molecule has 0 bridgehead atoms. The van der Waals surface area contributed by atoms with Crippen LogP contribution in [0.1, 0.15) is 54.9 Å². The lowest BCUT2D eigenvalue weighted by atomic mass is 9.97. The molecule has 136 valence electrons. The highest BCUT2D eigenvalue weighted by molar-refractivity contribution is 6.33. The Labute approximate surface area is 150 Å². The van der Waals surface area contributed by atoms with E-state index in [4.69, 9.17) is 21.1 Å². The second kappa shape index (κ2) is 7.22. The van der Waals surface area contributed by atoms with Gasteiger partial charge in [0.15, 0.2) is 0 Å². The first-order chi connectivity index (χ1) is 11.9. The number of hydrogen-bond acceptors (Lipinski definition) is 6. The van der Waals surface area contributed by atoms with Crippen LogP contribution in [-0.4, -0.2) is 40.3 Å². The molecule has 0 spiro atoms. The molecule has 7 heteroatoms. The zero-order chi connectivity index (χ0) is 18.1. The zero-order valence-electron chi connectivity index (χ0n) is 14.0. The largest absolute Gasteiger partial charge is 0.507 e. The fraction of sp³-hybridized carbons (Fsp3) is 0.556. The molecule has 25 heavy (non-hydrogen) atoms. The van der Waals surface area contributed by atoms with Crippen LogP contribution in [0.25, 0.3) is 0 Å². The van der Waals surface area contributed by atoms with E-state index < -0.39 is 17.8 Å². The number of esters is 1. The number of cyclic esters (lactones) is 1. The quantitative estimate of drug-likeness (QED) is 0.539. The normalized spacial score (nSPS) is 27.7. The second-order valence-corrected chi connectivity index (χ2v) is 7.09. The smallest absolute Gasteiger partial charge is 0.342 e. The first-order valence-corrected chi connectivity index (χ1v) is 8.86. The molecule has 0 aromatic heterocycles. The number of phenols is 2. The Hall–Kier alpha value is -1.79. The van der Waals surface area contributed by atoms with E-state index in [2.05, 4.69) is 0 Å². The topological polar surface area (TPSA) is 96.4 Å². The molecule has 1 aromatic rings. The van der Waals surface area contributed by atoms with Crippen molar-refractivity contribution >= 4 is 23.4 Å². The molecule has 3 atom stereocenters. The van der Waals surface area contributed by atoms with Crippen LogP contribution >= 0.6 is 11.6 Å². The highest BCUT2D eigenvalue weighted by Crippen LogP contribution is 2.38. The minimum absolute atomic E-state index is 0.0675. The zero-order valence-corrected chi connectivity index (χ0v) is 14.7. The van der Waals surface area contributed by atoms with E-state index in [1.165, 1.54) is 0 Å². The van der Waals surface area contributed by atoms with Gasteiger partial charge in [0.05, 0.1) is 17.2 Å². The lowest BCUT2D eigenvalue weighted by molar-refractivity contribution is -0.118. The fourth-order valence-corrected chi connectivity index (χ4v) is 3.50. The van der Waals surface area contributed by atoms with Gasteiger partial charge in [-0.25, -0.2) is 4.79 Å². The summed E-state index contributed by atoms with van der Waals surface area (Å²) in [5.41, 5.74) is -0.0488. The maximum absolute atomic E-state index is 12.5. The van der Waals surface area contributed by atoms with Crippen molar-refractivity contribution in [2.75, 3.05) is 0 Å². The molecule has 2 N–H and O–H groups in total. The van der Waals surface area contributed by atoms with E-state index in [-0.39, 0.29) is 46.3 Å². The number of aromatic hydroxyl groups is 2. The van der Waals surface area contributed by atoms with Crippen molar-refractivity contribution in [2.24, 2.45) is 0 Å². The Balaban J connectivity index is 1.93. The molecule has 2 aliphatic heterocycles. The summed E-state index contributed by atoms with van der Waals surface area (Å²) in [6.07, 6.45) is 3.12. The van der Waals surface area contributed by atoms with Gasteiger partial charge in [-0.1, -0.05) is 18.0 Å². The van der Waals surface area contributed by atoms with Gasteiger partial charge >= 0.3 is 5.97 Å². The summed E-state index contributed by atoms with van der Waals surface area (Å²) in [6, 6.07) is 0.987. The van der Waals surface area contributed by atoms with Crippen LogP contribution in [0.4, 0.5) is 0 Å². The number of ether oxygens (including phenoxy) is 2. The number of hydrogen-bond donors (Lipinski definition) is 2. The summed E-state index contributed by atoms with van der Waals surface area (Å²) in [7, 11) is 0. The lowest BCUT2D eigenvalue weighted by Crippen LogP contribution is -2.20. The SMILES string of the molecule is C[C@@H]1C[C@H]2O[C@@H]2CCCCC(=O)Cc2c(Cl)c(O)cc(O)c2C(=O)O1. The summed E-state index contributed by atoms with van der Waals surface area (Å²) < 4.78 is 11.0. The number of ketones is 1. The summed E-state index contributed by atoms with van der Waals surface area (Å²) in [6.45, 7) is 1.76. The third-order valence-electron chi connectivity index (χ3n) is 4.65. The van der Waals surface area contributed by atoms with Gasteiger partial charge in [0.2, 0.25) is 0 Å². The third-order valence-corrected chi connectivity index (χ3v) is 5.08. The van der Waals surface area contributed by atoms with E-state index >= 15 is 0 Å². The second-order valence-electron chi connectivity index (χ2n) is 6.71. The van der Waals surface area contributed by atoms with Crippen molar-refractivity contribution < 1.29 is 29.3 Å². The number of benzene rings is 1. The van der Waals surface area contributed by atoms with Gasteiger partial charge in [0.25, 0.3) is 0 Å². The number of carbonyl (C=O) groups excluding carboxylic acids is 2. The van der Waals surface area contributed by atoms with E-state index in [9.17, 15) is 19.8 Å². The molecule has 0 radical (unpaired) electrons. The summed E-state index contributed by atoms with van der Waals surface area (Å²) in [5, 5.41) is 19.8. The Kier molecular flexibility index (Phi) is 5.20. The molecular formula is C18H21ClO6. The predicted octanol–water partition coefficient (Wildman–Crippen LogP) is 3.14.